The summed E-state index contributed by atoms with van der Waals surface area (Å²) in [4.78, 5) is 13.9. The lowest BCUT2D eigenvalue weighted by atomic mass is 10.1. The average Bonchev–Trinajstić information content (AvgIpc) is 2.98. The molecule has 0 fully saturated rings. The smallest absolute Gasteiger partial charge is 0.307 e. The fourth-order valence-electron chi connectivity index (χ4n) is 2.32. The third-order valence-corrected chi connectivity index (χ3v) is 3.33. The lowest BCUT2D eigenvalue weighted by Gasteiger charge is -2.21. The van der Waals surface area contributed by atoms with Gasteiger partial charge in [-0.3, -0.25) is 9.89 Å². The normalized spacial score (nSPS) is 11.7. The van der Waals surface area contributed by atoms with Crippen LogP contribution in [0, 0.1) is 0 Å². The second-order valence-electron chi connectivity index (χ2n) is 6.76. The van der Waals surface area contributed by atoms with Gasteiger partial charge in [-0.15, -0.1) is 0 Å². The Hall–Kier alpha value is -2.14. The molecular weight excluding hydrogens is 290 g/mol. The number of benzene rings is 1. The van der Waals surface area contributed by atoms with Crippen LogP contribution in [0.15, 0.2) is 36.7 Å². The molecule has 1 N–H and O–H groups in total. The number of carbonyl (C=O) groups is 1. The van der Waals surface area contributed by atoms with Crippen molar-refractivity contribution in [2.24, 2.45) is 0 Å². The zero-order chi connectivity index (χ0) is 16.9. The first-order valence-corrected chi connectivity index (χ1v) is 7.82. The number of H-pyrrole nitrogens is 1. The molecule has 0 saturated heterocycles. The summed E-state index contributed by atoms with van der Waals surface area (Å²) in [6.07, 6.45) is 4.09. The number of aromatic nitrogens is 2. The number of esters is 1. The van der Waals surface area contributed by atoms with Crippen molar-refractivity contribution in [3.8, 4) is 11.1 Å². The molecule has 2 rings (SSSR count). The van der Waals surface area contributed by atoms with E-state index in [4.69, 9.17) is 4.74 Å². The quantitative estimate of drug-likeness (QED) is 0.831. The Morgan fingerprint density at radius 2 is 2.09 bits per heavy atom. The Morgan fingerprint density at radius 1 is 1.30 bits per heavy atom. The fraction of sp³-hybridized carbons (Fsp3) is 0.444. The molecule has 0 atom stereocenters. The largest absolute Gasteiger partial charge is 0.460 e. The maximum Gasteiger partial charge on any atom is 0.307 e. The van der Waals surface area contributed by atoms with Crippen molar-refractivity contribution in [2.45, 2.75) is 39.3 Å². The number of carbonyl (C=O) groups excluding carboxylic acids is 1. The van der Waals surface area contributed by atoms with Crippen molar-refractivity contribution in [3.63, 3.8) is 0 Å². The minimum absolute atomic E-state index is 0.156. The van der Waals surface area contributed by atoms with Crippen LogP contribution in [0.4, 0.5) is 0 Å². The van der Waals surface area contributed by atoms with Crippen LogP contribution in [-0.2, 0) is 16.1 Å². The summed E-state index contributed by atoms with van der Waals surface area (Å²) in [7, 11) is 2.01. The van der Waals surface area contributed by atoms with Gasteiger partial charge in [0.2, 0.25) is 0 Å². The van der Waals surface area contributed by atoms with E-state index in [0.29, 0.717) is 13.0 Å². The van der Waals surface area contributed by atoms with Gasteiger partial charge in [-0.1, -0.05) is 18.2 Å². The van der Waals surface area contributed by atoms with E-state index in [0.717, 1.165) is 17.7 Å². The molecule has 0 bridgehead atoms. The second kappa shape index (κ2) is 7.42. The van der Waals surface area contributed by atoms with Crippen molar-refractivity contribution in [1.82, 2.24) is 15.1 Å². The van der Waals surface area contributed by atoms with Gasteiger partial charge in [0.15, 0.2) is 0 Å². The molecule has 124 valence electrons. The molecule has 0 unspecified atom stereocenters. The van der Waals surface area contributed by atoms with Crippen LogP contribution in [-0.4, -0.2) is 40.3 Å². The number of nitrogens with one attached hydrogen (secondary N) is 1. The van der Waals surface area contributed by atoms with Crippen LogP contribution >= 0.6 is 0 Å². The minimum Gasteiger partial charge on any atom is -0.460 e. The van der Waals surface area contributed by atoms with E-state index in [9.17, 15) is 4.79 Å². The van der Waals surface area contributed by atoms with Gasteiger partial charge in [0.1, 0.15) is 5.60 Å². The summed E-state index contributed by atoms with van der Waals surface area (Å²) in [5, 5.41) is 6.81. The highest BCUT2D eigenvalue weighted by Gasteiger charge is 2.16. The van der Waals surface area contributed by atoms with Gasteiger partial charge >= 0.3 is 5.97 Å². The van der Waals surface area contributed by atoms with E-state index in [1.54, 1.807) is 0 Å². The molecule has 0 spiro atoms. The van der Waals surface area contributed by atoms with E-state index < -0.39 is 5.60 Å². The van der Waals surface area contributed by atoms with Crippen LogP contribution in [0.25, 0.3) is 11.1 Å². The number of hydrogen-bond acceptors (Lipinski definition) is 4. The van der Waals surface area contributed by atoms with Gasteiger partial charge < -0.3 is 9.64 Å². The third-order valence-electron chi connectivity index (χ3n) is 3.33. The zero-order valence-electron chi connectivity index (χ0n) is 14.3. The molecule has 2 aromatic rings. The molecule has 1 aromatic carbocycles. The second-order valence-corrected chi connectivity index (χ2v) is 6.76. The fourth-order valence-corrected chi connectivity index (χ4v) is 2.32. The molecule has 1 heterocycles. The van der Waals surface area contributed by atoms with Gasteiger partial charge in [0.05, 0.1) is 12.6 Å². The van der Waals surface area contributed by atoms with E-state index in [2.05, 4.69) is 33.3 Å². The van der Waals surface area contributed by atoms with Crippen LogP contribution in [0.1, 0.15) is 32.8 Å². The Labute approximate surface area is 137 Å². The van der Waals surface area contributed by atoms with Crippen LogP contribution in [0.3, 0.4) is 0 Å². The summed E-state index contributed by atoms with van der Waals surface area (Å²) >= 11 is 0. The topological polar surface area (TPSA) is 58.2 Å². The van der Waals surface area contributed by atoms with Crippen molar-refractivity contribution < 1.29 is 9.53 Å². The Kier molecular flexibility index (Phi) is 5.55. The van der Waals surface area contributed by atoms with Crippen LogP contribution < -0.4 is 0 Å². The number of rotatable bonds is 6. The summed E-state index contributed by atoms with van der Waals surface area (Å²) in [6.45, 7) is 7.11. The standard InChI is InChI=1S/C18H25N3O2/c1-18(2,3)23-17(22)8-9-21(4)13-14-6-5-7-15(10-14)16-11-19-20-12-16/h5-7,10-12H,8-9,13H2,1-4H3,(H,19,20). The molecule has 0 saturated carbocycles. The zero-order valence-corrected chi connectivity index (χ0v) is 14.3. The molecule has 5 nitrogen and oxygen atoms in total. The summed E-state index contributed by atoms with van der Waals surface area (Å²) < 4.78 is 5.33. The van der Waals surface area contributed by atoms with Crippen molar-refractivity contribution >= 4 is 5.97 Å². The van der Waals surface area contributed by atoms with Crippen molar-refractivity contribution in [2.75, 3.05) is 13.6 Å². The maximum atomic E-state index is 11.8. The third kappa shape index (κ3) is 5.87. The van der Waals surface area contributed by atoms with Crippen molar-refractivity contribution in [1.29, 1.82) is 0 Å². The molecule has 23 heavy (non-hydrogen) atoms. The van der Waals surface area contributed by atoms with Crippen LogP contribution in [0.5, 0.6) is 0 Å². The van der Waals surface area contributed by atoms with Gasteiger partial charge in [-0.05, 0) is 45.0 Å². The average molecular weight is 315 g/mol. The number of hydrogen-bond donors (Lipinski definition) is 1. The molecule has 1 aromatic heterocycles. The molecule has 0 aliphatic rings. The van der Waals surface area contributed by atoms with Gasteiger partial charge in [-0.25, -0.2) is 0 Å². The Morgan fingerprint density at radius 3 is 2.74 bits per heavy atom. The highest BCUT2D eigenvalue weighted by Crippen LogP contribution is 2.19. The summed E-state index contributed by atoms with van der Waals surface area (Å²) in [5.41, 5.74) is 2.99. The number of nitrogens with zero attached hydrogens (tertiary/aromatic N) is 2. The first-order valence-electron chi connectivity index (χ1n) is 7.82. The van der Waals surface area contributed by atoms with Gasteiger partial charge in [-0.2, -0.15) is 5.10 Å². The lowest BCUT2D eigenvalue weighted by Crippen LogP contribution is -2.27. The van der Waals surface area contributed by atoms with Gasteiger partial charge in [0.25, 0.3) is 0 Å². The monoisotopic (exact) mass is 315 g/mol. The van der Waals surface area contributed by atoms with Gasteiger partial charge in [0, 0.05) is 24.8 Å². The minimum atomic E-state index is -0.422. The van der Waals surface area contributed by atoms with E-state index in [1.807, 2.05) is 46.3 Å². The highest BCUT2D eigenvalue weighted by atomic mass is 16.6. The molecular formula is C18H25N3O2. The lowest BCUT2D eigenvalue weighted by molar-refractivity contribution is -0.155. The first kappa shape index (κ1) is 17.2. The molecule has 0 amide bonds. The molecule has 5 heteroatoms. The molecule has 0 aliphatic carbocycles. The predicted octanol–water partition coefficient (Wildman–Crippen LogP) is 3.24. The Bertz CT molecular complexity index is 630. The van der Waals surface area contributed by atoms with E-state index in [-0.39, 0.29) is 5.97 Å². The number of aromatic amines is 1. The van der Waals surface area contributed by atoms with E-state index >= 15 is 0 Å². The SMILES string of the molecule is CN(CCC(=O)OC(C)(C)C)Cc1cccc(-c2cn[nH]c2)c1. The number of ether oxygens (including phenoxy) is 1. The summed E-state index contributed by atoms with van der Waals surface area (Å²) in [6, 6.07) is 8.34. The molecule has 0 aliphatic heterocycles. The molecule has 0 radical (unpaired) electrons. The van der Waals surface area contributed by atoms with Crippen molar-refractivity contribution in [3.05, 3.63) is 42.2 Å². The first-order chi connectivity index (χ1) is 10.8. The Balaban J connectivity index is 1.87. The predicted molar refractivity (Wildman–Crippen MR) is 90.8 cm³/mol. The highest BCUT2D eigenvalue weighted by molar-refractivity contribution is 5.70. The van der Waals surface area contributed by atoms with Crippen LogP contribution in [0.2, 0.25) is 0 Å². The maximum absolute atomic E-state index is 11.8. The van der Waals surface area contributed by atoms with E-state index in [1.165, 1.54) is 5.56 Å². The summed E-state index contributed by atoms with van der Waals surface area (Å²) in [5.74, 6) is -0.156.